The van der Waals surface area contributed by atoms with E-state index < -0.39 is 5.97 Å². The third-order valence-corrected chi connectivity index (χ3v) is 3.56. The number of aliphatic carboxylic acids is 1. The fourth-order valence-corrected chi connectivity index (χ4v) is 2.47. The van der Waals surface area contributed by atoms with Gasteiger partial charge in [-0.2, -0.15) is 0 Å². The van der Waals surface area contributed by atoms with Crippen molar-refractivity contribution in [2.45, 2.75) is 19.8 Å². The number of thiophene rings is 1. The summed E-state index contributed by atoms with van der Waals surface area (Å²) in [6.07, 6.45) is 1.56. The van der Waals surface area contributed by atoms with Gasteiger partial charge in [0.15, 0.2) is 0 Å². The Morgan fingerprint density at radius 1 is 1.69 bits per heavy atom. The Hall–Kier alpha value is -0.350. The molecule has 0 fully saturated rings. The molecule has 13 heavy (non-hydrogen) atoms. The fourth-order valence-electron chi connectivity index (χ4n) is 0.968. The summed E-state index contributed by atoms with van der Waals surface area (Å²) in [6.45, 7) is 1.74. The average Bonchev–Trinajstić information content (AvgIpc) is 2.47. The molecule has 1 N–H and O–H groups in total. The molecule has 2 nitrogen and oxygen atoms in total. The zero-order valence-corrected chi connectivity index (χ0v) is 9.69. The number of rotatable bonds is 4. The molecule has 4 heteroatoms. The van der Waals surface area contributed by atoms with E-state index in [1.165, 1.54) is 4.88 Å². The predicted octanol–water partition coefficient (Wildman–Crippen LogP) is 3.16. The van der Waals surface area contributed by atoms with Gasteiger partial charge in [0.2, 0.25) is 0 Å². The minimum Gasteiger partial charge on any atom is -0.481 e. The van der Waals surface area contributed by atoms with Gasteiger partial charge in [-0.25, -0.2) is 0 Å². The van der Waals surface area contributed by atoms with Crippen molar-refractivity contribution in [3.63, 3.8) is 0 Å². The smallest absolute Gasteiger partial charge is 0.306 e. The van der Waals surface area contributed by atoms with Crippen LogP contribution in [0.15, 0.2) is 15.9 Å². The molecule has 1 heterocycles. The van der Waals surface area contributed by atoms with E-state index in [1.807, 2.05) is 12.1 Å². The maximum Gasteiger partial charge on any atom is 0.306 e. The van der Waals surface area contributed by atoms with Crippen molar-refractivity contribution >= 4 is 33.2 Å². The summed E-state index contributed by atoms with van der Waals surface area (Å²) < 4.78 is 1.10. The molecule has 1 aromatic heterocycles. The van der Waals surface area contributed by atoms with Crippen LogP contribution >= 0.6 is 27.3 Å². The highest BCUT2D eigenvalue weighted by atomic mass is 79.9. The largest absolute Gasteiger partial charge is 0.481 e. The molecule has 0 saturated heterocycles. The van der Waals surface area contributed by atoms with Crippen LogP contribution in [0, 0.1) is 5.92 Å². The number of hydrogen-bond donors (Lipinski definition) is 1. The molecular weight excluding hydrogens is 252 g/mol. The number of aryl methyl sites for hydroxylation is 1. The Bertz CT molecular complexity index is 296. The number of carboxylic acid groups (broad SMARTS) is 1. The van der Waals surface area contributed by atoms with Crippen LogP contribution in [0.3, 0.4) is 0 Å². The van der Waals surface area contributed by atoms with Gasteiger partial charge in [-0.1, -0.05) is 6.92 Å². The summed E-state index contributed by atoms with van der Waals surface area (Å²) in [5.74, 6) is -0.962. The average molecular weight is 263 g/mol. The van der Waals surface area contributed by atoms with Gasteiger partial charge in [-0.05, 0) is 40.9 Å². The molecule has 1 atom stereocenters. The van der Waals surface area contributed by atoms with Gasteiger partial charge in [-0.3, -0.25) is 4.79 Å². The van der Waals surface area contributed by atoms with Crippen molar-refractivity contribution in [2.75, 3.05) is 0 Å². The summed E-state index contributed by atoms with van der Waals surface area (Å²) in [4.78, 5) is 11.8. The summed E-state index contributed by atoms with van der Waals surface area (Å²) in [5.41, 5.74) is 0. The Labute approximate surface area is 89.7 Å². The molecule has 1 unspecified atom stereocenters. The lowest BCUT2D eigenvalue weighted by atomic mass is 10.1. The number of carbonyl (C=O) groups is 1. The van der Waals surface area contributed by atoms with Crippen molar-refractivity contribution in [1.82, 2.24) is 0 Å². The standard InChI is InChI=1S/C9H11BrO2S/c1-6(9(11)12)2-3-7-4-5-8(10)13-7/h4-6H,2-3H2,1H3,(H,11,12). The molecule has 72 valence electrons. The van der Waals surface area contributed by atoms with Crippen LogP contribution in [0.25, 0.3) is 0 Å². The molecule has 0 aliphatic rings. The van der Waals surface area contributed by atoms with Gasteiger partial charge in [0.25, 0.3) is 0 Å². The SMILES string of the molecule is CC(CCc1ccc(Br)s1)C(=O)O. The van der Waals surface area contributed by atoms with Gasteiger partial charge < -0.3 is 5.11 Å². The Balaban J connectivity index is 2.39. The first-order valence-electron chi connectivity index (χ1n) is 4.06. The molecule has 0 aromatic carbocycles. The lowest BCUT2D eigenvalue weighted by Gasteiger charge is -2.03. The second-order valence-electron chi connectivity index (χ2n) is 2.98. The van der Waals surface area contributed by atoms with Crippen LogP contribution in [-0.4, -0.2) is 11.1 Å². The number of carboxylic acids is 1. The van der Waals surface area contributed by atoms with Crippen molar-refractivity contribution in [3.8, 4) is 0 Å². The van der Waals surface area contributed by atoms with Crippen molar-refractivity contribution < 1.29 is 9.90 Å². The third kappa shape index (κ3) is 3.48. The molecule has 0 saturated carbocycles. The molecule has 0 radical (unpaired) electrons. The number of hydrogen-bond acceptors (Lipinski definition) is 2. The normalized spacial score (nSPS) is 12.8. The van der Waals surface area contributed by atoms with E-state index in [0.717, 1.165) is 10.2 Å². The topological polar surface area (TPSA) is 37.3 Å². The van der Waals surface area contributed by atoms with Crippen molar-refractivity contribution in [1.29, 1.82) is 0 Å². The number of halogens is 1. The van der Waals surface area contributed by atoms with E-state index in [2.05, 4.69) is 15.9 Å². The molecule has 0 bridgehead atoms. The van der Waals surface area contributed by atoms with E-state index in [0.29, 0.717) is 6.42 Å². The summed E-state index contributed by atoms with van der Waals surface area (Å²) in [7, 11) is 0. The molecule has 0 aliphatic carbocycles. The van der Waals surface area contributed by atoms with Gasteiger partial charge in [0.1, 0.15) is 0 Å². The summed E-state index contributed by atoms with van der Waals surface area (Å²) >= 11 is 5.04. The highest BCUT2D eigenvalue weighted by molar-refractivity contribution is 9.11. The van der Waals surface area contributed by atoms with E-state index >= 15 is 0 Å². The van der Waals surface area contributed by atoms with E-state index in [9.17, 15) is 4.79 Å². The predicted molar refractivity (Wildman–Crippen MR) is 57.1 cm³/mol. The van der Waals surface area contributed by atoms with Crippen molar-refractivity contribution in [2.24, 2.45) is 5.92 Å². The van der Waals surface area contributed by atoms with Crippen LogP contribution in [0.2, 0.25) is 0 Å². The Kier molecular flexibility index (Phi) is 3.93. The molecule has 1 rings (SSSR count). The zero-order chi connectivity index (χ0) is 9.84. The second kappa shape index (κ2) is 4.77. The second-order valence-corrected chi connectivity index (χ2v) is 5.53. The minimum absolute atomic E-state index is 0.249. The maximum absolute atomic E-state index is 10.5. The van der Waals surface area contributed by atoms with E-state index in [-0.39, 0.29) is 5.92 Å². The molecule has 0 aliphatic heterocycles. The van der Waals surface area contributed by atoms with Crippen LogP contribution in [0.5, 0.6) is 0 Å². The Morgan fingerprint density at radius 2 is 2.38 bits per heavy atom. The van der Waals surface area contributed by atoms with Crippen LogP contribution in [0.4, 0.5) is 0 Å². The highest BCUT2D eigenvalue weighted by Crippen LogP contribution is 2.24. The van der Waals surface area contributed by atoms with Crippen LogP contribution in [-0.2, 0) is 11.2 Å². The van der Waals surface area contributed by atoms with Crippen LogP contribution in [0.1, 0.15) is 18.2 Å². The molecular formula is C9H11BrO2S. The minimum atomic E-state index is -0.712. The van der Waals surface area contributed by atoms with Crippen molar-refractivity contribution in [3.05, 3.63) is 20.8 Å². The molecule has 0 amide bonds. The fraction of sp³-hybridized carbons (Fsp3) is 0.444. The zero-order valence-electron chi connectivity index (χ0n) is 7.29. The Morgan fingerprint density at radius 3 is 2.85 bits per heavy atom. The summed E-state index contributed by atoms with van der Waals surface area (Å²) in [6, 6.07) is 4.02. The van der Waals surface area contributed by atoms with Gasteiger partial charge in [0.05, 0.1) is 9.70 Å². The highest BCUT2D eigenvalue weighted by Gasteiger charge is 2.10. The maximum atomic E-state index is 10.5. The molecule has 0 spiro atoms. The third-order valence-electron chi connectivity index (χ3n) is 1.87. The van der Waals surface area contributed by atoms with Crippen LogP contribution < -0.4 is 0 Å². The first-order chi connectivity index (χ1) is 6.09. The molecule has 1 aromatic rings. The quantitative estimate of drug-likeness (QED) is 0.905. The van der Waals surface area contributed by atoms with Gasteiger partial charge in [-0.15, -0.1) is 11.3 Å². The first-order valence-corrected chi connectivity index (χ1v) is 5.67. The van der Waals surface area contributed by atoms with Gasteiger partial charge >= 0.3 is 5.97 Å². The van der Waals surface area contributed by atoms with E-state index in [4.69, 9.17) is 5.11 Å². The van der Waals surface area contributed by atoms with Gasteiger partial charge in [0, 0.05) is 4.88 Å². The lowest BCUT2D eigenvalue weighted by Crippen LogP contribution is -2.09. The monoisotopic (exact) mass is 262 g/mol. The van der Waals surface area contributed by atoms with E-state index in [1.54, 1.807) is 18.3 Å². The lowest BCUT2D eigenvalue weighted by molar-refractivity contribution is -0.141. The first kappa shape index (κ1) is 10.7. The summed E-state index contributed by atoms with van der Waals surface area (Å²) in [5, 5.41) is 8.66.